The normalized spacial score (nSPS) is 21.5. The summed E-state index contributed by atoms with van der Waals surface area (Å²) >= 11 is 3.04. The molecule has 62 valence electrons. The predicted octanol–water partition coefficient (Wildman–Crippen LogP) is 2.67. The van der Waals surface area contributed by atoms with Gasteiger partial charge in [0, 0.05) is 19.8 Å². The van der Waals surface area contributed by atoms with E-state index in [4.69, 9.17) is 14.9 Å². The van der Waals surface area contributed by atoms with Crippen LogP contribution in [-0.4, -0.2) is 4.98 Å². The van der Waals surface area contributed by atoms with Crippen LogP contribution >= 0.6 is 15.9 Å². The minimum Gasteiger partial charge on any atom is -0.242 e. The summed E-state index contributed by atoms with van der Waals surface area (Å²) in [6.07, 6.45) is -6.01. The highest BCUT2D eigenvalue weighted by molar-refractivity contribution is 9.10. The molecule has 0 N–H and O–H groups in total. The maximum absolute atomic E-state index is 8.75. The van der Waals surface area contributed by atoms with Crippen molar-refractivity contribution in [3.63, 3.8) is 0 Å². The first-order valence-electron chi connectivity index (χ1n) is 6.51. The van der Waals surface area contributed by atoms with E-state index in [1.54, 1.807) is 6.07 Å². The van der Waals surface area contributed by atoms with Crippen LogP contribution in [-0.2, 0) is 6.37 Å². The van der Waals surface area contributed by atoms with Crippen molar-refractivity contribution in [3.8, 4) is 6.07 Å². The Bertz CT molecular complexity index is 532. The molecule has 0 atom stereocenters. The van der Waals surface area contributed by atoms with Gasteiger partial charge in [-0.3, -0.25) is 0 Å². The van der Waals surface area contributed by atoms with Crippen LogP contribution in [0.25, 0.3) is 0 Å². The molecule has 1 aromatic heterocycles. The molecular weight excluding hydrogens is 216 g/mol. The summed E-state index contributed by atoms with van der Waals surface area (Å²) < 4.78 is 52.1. The van der Waals surface area contributed by atoms with Gasteiger partial charge in [-0.1, -0.05) is 29.2 Å². The summed E-state index contributed by atoms with van der Waals surface area (Å²) in [4.78, 5) is 3.65. The molecule has 12 heavy (non-hydrogen) atoms. The maximum Gasteiger partial charge on any atom is 0.141 e. The average Bonchev–Trinajstić information content (AvgIpc) is 2.26. The first kappa shape index (κ1) is 3.47. The van der Waals surface area contributed by atoms with E-state index in [0.717, 1.165) is 6.07 Å². The van der Waals surface area contributed by atoms with Crippen LogP contribution in [0.4, 0.5) is 0 Å². The smallest absolute Gasteiger partial charge is 0.141 e. The molecule has 0 radical (unpaired) electrons. The Morgan fingerprint density at radius 3 is 3.33 bits per heavy atom. The topological polar surface area (TPSA) is 36.7 Å². The molecule has 0 unspecified atom stereocenters. The van der Waals surface area contributed by atoms with Gasteiger partial charge in [0.2, 0.25) is 0 Å². The van der Waals surface area contributed by atoms with E-state index in [2.05, 4.69) is 20.9 Å². The Labute approximate surface area is 90.2 Å². The van der Waals surface area contributed by atoms with Crippen molar-refractivity contribution in [2.45, 2.75) is 19.6 Å². The van der Waals surface area contributed by atoms with Gasteiger partial charge in [0.1, 0.15) is 11.8 Å². The zero-order valence-electron chi connectivity index (χ0n) is 12.9. The lowest BCUT2D eigenvalue weighted by Gasteiger charge is -1.98. The average molecular weight is 232 g/mol. The van der Waals surface area contributed by atoms with Gasteiger partial charge in [-0.2, -0.15) is 5.26 Å². The van der Waals surface area contributed by atoms with Gasteiger partial charge in [0.15, 0.2) is 0 Å². The third-order valence-corrected chi connectivity index (χ3v) is 1.55. The number of halogens is 1. The minimum absolute atomic E-state index is 0.130. The Morgan fingerprint density at radius 2 is 2.67 bits per heavy atom. The van der Waals surface area contributed by atoms with Gasteiger partial charge < -0.3 is 0 Å². The zero-order valence-corrected chi connectivity index (χ0v) is 7.51. The van der Waals surface area contributed by atoms with Crippen molar-refractivity contribution in [2.75, 3.05) is 0 Å². The molecule has 0 aliphatic heterocycles. The first-order valence-corrected chi connectivity index (χ1v) is 3.81. The Kier molecular flexibility index (Phi) is 1.22. The van der Waals surface area contributed by atoms with E-state index < -0.39 is 25.3 Å². The molecule has 3 heteroatoms. The first-order chi connectivity index (χ1) is 8.43. The van der Waals surface area contributed by atoms with Crippen molar-refractivity contribution in [2.24, 2.45) is 0 Å². The molecule has 1 aromatic rings. The van der Waals surface area contributed by atoms with Gasteiger partial charge >= 0.3 is 0 Å². The predicted molar refractivity (Wildman–Crippen MR) is 50.6 cm³/mol. The number of rotatable bonds is 2. The molecule has 0 aliphatic rings. The SMILES string of the molecule is [2H]C([2H])([2H])C([2H])([2H])C([2H])([2H])c1cc(Br)cc(C#N)n1. The summed E-state index contributed by atoms with van der Waals surface area (Å²) in [6.45, 7) is -3.16. The van der Waals surface area contributed by atoms with Crippen molar-refractivity contribution >= 4 is 15.9 Å². The fraction of sp³-hybridized carbons (Fsp3) is 0.333. The van der Waals surface area contributed by atoms with Crippen molar-refractivity contribution in [3.05, 3.63) is 28.0 Å². The Hall–Kier alpha value is -0.880. The van der Waals surface area contributed by atoms with Crippen molar-refractivity contribution < 1.29 is 9.60 Å². The van der Waals surface area contributed by atoms with E-state index >= 15 is 0 Å². The number of pyridine rings is 1. The lowest BCUT2D eigenvalue weighted by Crippen LogP contribution is -1.91. The van der Waals surface area contributed by atoms with Gasteiger partial charge in [-0.15, -0.1) is 0 Å². The molecule has 0 bridgehead atoms. The molecule has 2 nitrogen and oxygen atoms in total. The van der Waals surface area contributed by atoms with Gasteiger partial charge in [-0.25, -0.2) is 4.98 Å². The second kappa shape index (κ2) is 4.22. The van der Waals surface area contributed by atoms with Gasteiger partial charge in [-0.05, 0) is 18.5 Å². The van der Waals surface area contributed by atoms with Crippen LogP contribution < -0.4 is 0 Å². The zero-order chi connectivity index (χ0) is 15.1. The summed E-state index contributed by atoms with van der Waals surface area (Å²) in [5.41, 5.74) is -0.575. The largest absolute Gasteiger partial charge is 0.242 e. The highest BCUT2D eigenvalue weighted by Crippen LogP contribution is 2.13. The van der Waals surface area contributed by atoms with Crippen LogP contribution in [0.15, 0.2) is 16.6 Å². The molecule has 0 aromatic carbocycles. The molecule has 0 saturated carbocycles. The number of nitriles is 1. The van der Waals surface area contributed by atoms with Crippen molar-refractivity contribution in [1.82, 2.24) is 4.98 Å². The summed E-state index contributed by atoms with van der Waals surface area (Å²) in [5, 5.41) is 8.75. The molecule has 1 heterocycles. The van der Waals surface area contributed by atoms with Crippen LogP contribution in [0.2, 0.25) is 0 Å². The van der Waals surface area contributed by atoms with Crippen LogP contribution in [0.3, 0.4) is 0 Å². The van der Waals surface area contributed by atoms with Gasteiger partial charge in [0.25, 0.3) is 0 Å². The summed E-state index contributed by atoms with van der Waals surface area (Å²) in [7, 11) is 0. The maximum atomic E-state index is 8.75. The number of hydrogen-bond donors (Lipinski definition) is 0. The molecule has 0 saturated heterocycles. The quantitative estimate of drug-likeness (QED) is 0.785. The van der Waals surface area contributed by atoms with Crippen LogP contribution in [0.1, 0.15) is 34.2 Å². The van der Waals surface area contributed by atoms with Crippen LogP contribution in [0, 0.1) is 11.3 Å². The fourth-order valence-electron chi connectivity index (χ4n) is 0.683. The Balaban J connectivity index is 3.44. The number of hydrogen-bond acceptors (Lipinski definition) is 2. The molecule has 0 amide bonds. The number of aromatic nitrogens is 1. The summed E-state index contributed by atoms with van der Waals surface area (Å²) in [5.74, 6) is 0. The minimum atomic E-state index is -3.16. The number of aryl methyl sites for hydroxylation is 1. The second-order valence-electron chi connectivity index (χ2n) is 1.92. The third-order valence-electron chi connectivity index (χ3n) is 1.10. The van der Waals surface area contributed by atoms with E-state index in [-0.39, 0.29) is 5.69 Å². The molecular formula is C9H9BrN2. The standard InChI is InChI=1S/C9H9BrN2/c1-2-3-8-4-7(10)5-9(6-11)12-8/h4-5H,2-3H2,1H3/i1D3,2D2,3D2. The monoisotopic (exact) mass is 231 g/mol. The highest BCUT2D eigenvalue weighted by atomic mass is 79.9. The molecule has 0 aliphatic carbocycles. The van der Waals surface area contributed by atoms with E-state index in [0.29, 0.717) is 4.47 Å². The molecule has 0 fully saturated rings. The van der Waals surface area contributed by atoms with E-state index in [9.17, 15) is 0 Å². The molecule has 1 rings (SSSR count). The fourth-order valence-corrected chi connectivity index (χ4v) is 1.12. The van der Waals surface area contributed by atoms with E-state index in [1.165, 1.54) is 6.07 Å². The van der Waals surface area contributed by atoms with E-state index in [1.807, 2.05) is 0 Å². The lowest BCUT2D eigenvalue weighted by atomic mass is 10.2. The third kappa shape index (κ3) is 2.31. The van der Waals surface area contributed by atoms with Crippen molar-refractivity contribution in [1.29, 1.82) is 5.26 Å². The Morgan fingerprint density at radius 1 is 1.83 bits per heavy atom. The summed E-state index contributed by atoms with van der Waals surface area (Å²) in [6, 6.07) is 4.18. The van der Waals surface area contributed by atoms with Gasteiger partial charge in [0.05, 0.1) is 0 Å². The lowest BCUT2D eigenvalue weighted by molar-refractivity contribution is 0.878. The number of nitrogens with zero attached hydrogens (tertiary/aromatic N) is 2. The van der Waals surface area contributed by atoms with Crippen LogP contribution in [0.5, 0.6) is 0 Å². The molecule has 0 spiro atoms. The second-order valence-corrected chi connectivity index (χ2v) is 2.83. The highest BCUT2D eigenvalue weighted by Gasteiger charge is 1.98.